The molecule has 21 heavy (non-hydrogen) atoms. The van der Waals surface area contributed by atoms with Crippen LogP contribution in [0.15, 0.2) is 12.4 Å². The Kier molecular flexibility index (Phi) is 4.05. The molecule has 6 heteroatoms. The van der Waals surface area contributed by atoms with Crippen molar-refractivity contribution in [1.29, 1.82) is 0 Å². The summed E-state index contributed by atoms with van der Waals surface area (Å²) in [5.41, 5.74) is 1.07. The maximum absolute atomic E-state index is 4.51. The summed E-state index contributed by atoms with van der Waals surface area (Å²) in [5.74, 6) is 2.54. The predicted octanol–water partition coefficient (Wildman–Crippen LogP) is 1.46. The monoisotopic (exact) mass is 288 g/mol. The number of hydrogen-bond donors (Lipinski definition) is 0. The van der Waals surface area contributed by atoms with Gasteiger partial charge in [-0.15, -0.1) is 0 Å². The average molecular weight is 288 g/mol. The minimum Gasteiger partial charge on any atom is -0.359 e. The summed E-state index contributed by atoms with van der Waals surface area (Å²) in [7, 11) is 4.35. The van der Waals surface area contributed by atoms with Crippen molar-refractivity contribution in [2.75, 3.05) is 38.6 Å². The van der Waals surface area contributed by atoms with E-state index in [0.29, 0.717) is 5.78 Å². The maximum atomic E-state index is 4.51. The number of likely N-dealkylation sites (tertiary alicyclic amines) is 1. The molecule has 6 nitrogen and oxygen atoms in total. The van der Waals surface area contributed by atoms with Gasteiger partial charge in [0.1, 0.15) is 12.1 Å². The summed E-state index contributed by atoms with van der Waals surface area (Å²) >= 11 is 0. The van der Waals surface area contributed by atoms with Crippen LogP contribution >= 0.6 is 0 Å². The quantitative estimate of drug-likeness (QED) is 0.852. The van der Waals surface area contributed by atoms with E-state index >= 15 is 0 Å². The highest BCUT2D eigenvalue weighted by Crippen LogP contribution is 2.21. The van der Waals surface area contributed by atoms with Crippen LogP contribution in [-0.4, -0.2) is 58.2 Å². The average Bonchev–Trinajstić information content (AvgIpc) is 2.96. The van der Waals surface area contributed by atoms with Crippen LogP contribution in [-0.2, 0) is 6.42 Å². The largest absolute Gasteiger partial charge is 0.359 e. The van der Waals surface area contributed by atoms with Crippen molar-refractivity contribution in [1.82, 2.24) is 24.5 Å². The zero-order chi connectivity index (χ0) is 14.8. The fourth-order valence-corrected chi connectivity index (χ4v) is 3.02. The molecule has 2 aromatic rings. The highest BCUT2D eigenvalue weighted by molar-refractivity contribution is 5.46. The van der Waals surface area contributed by atoms with E-state index in [1.807, 2.05) is 4.52 Å². The molecule has 0 radical (unpaired) electrons. The molecule has 0 bridgehead atoms. The lowest BCUT2D eigenvalue weighted by Crippen LogP contribution is -2.36. The van der Waals surface area contributed by atoms with Crippen LogP contribution in [0.5, 0.6) is 0 Å². The van der Waals surface area contributed by atoms with Gasteiger partial charge in [0.05, 0.1) is 0 Å². The van der Waals surface area contributed by atoms with Gasteiger partial charge in [-0.05, 0) is 45.3 Å². The summed E-state index contributed by atoms with van der Waals surface area (Å²) in [5, 5.41) is 4.31. The van der Waals surface area contributed by atoms with E-state index in [-0.39, 0.29) is 0 Å². The molecule has 3 heterocycles. The van der Waals surface area contributed by atoms with E-state index in [2.05, 4.69) is 52.0 Å². The van der Waals surface area contributed by atoms with Crippen LogP contribution in [0, 0.1) is 5.92 Å². The molecule has 1 fully saturated rings. The number of nitrogens with zero attached hydrogens (tertiary/aromatic N) is 6. The van der Waals surface area contributed by atoms with Crippen molar-refractivity contribution in [3.8, 4) is 0 Å². The van der Waals surface area contributed by atoms with E-state index in [4.69, 9.17) is 0 Å². The summed E-state index contributed by atoms with van der Waals surface area (Å²) in [6.07, 6.45) is 5.03. The Morgan fingerprint density at radius 3 is 2.81 bits per heavy atom. The molecule has 0 aliphatic carbocycles. The highest BCUT2D eigenvalue weighted by atomic mass is 15.4. The van der Waals surface area contributed by atoms with Crippen LogP contribution in [0.25, 0.3) is 5.78 Å². The van der Waals surface area contributed by atoms with Crippen molar-refractivity contribution < 1.29 is 0 Å². The van der Waals surface area contributed by atoms with Crippen LogP contribution in [0.1, 0.15) is 25.5 Å². The number of aromatic nitrogens is 4. The topological polar surface area (TPSA) is 49.6 Å². The Labute approximate surface area is 125 Å². The minimum atomic E-state index is 0.694. The summed E-state index contributed by atoms with van der Waals surface area (Å²) in [6, 6.07) is 2.14. The number of anilines is 1. The van der Waals surface area contributed by atoms with Gasteiger partial charge in [0.2, 0.25) is 0 Å². The first-order valence-electron chi connectivity index (χ1n) is 7.76. The Morgan fingerprint density at radius 2 is 2.10 bits per heavy atom. The number of rotatable bonds is 4. The van der Waals surface area contributed by atoms with Gasteiger partial charge in [-0.1, -0.05) is 6.92 Å². The van der Waals surface area contributed by atoms with Crippen molar-refractivity contribution >= 4 is 11.6 Å². The van der Waals surface area contributed by atoms with Crippen molar-refractivity contribution in [3.05, 3.63) is 18.1 Å². The molecule has 2 aromatic heterocycles. The summed E-state index contributed by atoms with van der Waals surface area (Å²) in [4.78, 5) is 13.5. The van der Waals surface area contributed by atoms with E-state index < -0.39 is 0 Å². The fraction of sp³-hybridized carbons (Fsp3) is 0.667. The number of hydrogen-bond acceptors (Lipinski definition) is 5. The summed E-state index contributed by atoms with van der Waals surface area (Å²) < 4.78 is 1.84. The number of fused-ring (bicyclic) bond motifs is 1. The van der Waals surface area contributed by atoms with Gasteiger partial charge in [-0.25, -0.2) is 4.98 Å². The van der Waals surface area contributed by atoms with Crippen LogP contribution in [0.2, 0.25) is 0 Å². The normalized spacial score (nSPS) is 17.5. The molecular formula is C15H24N6. The smallest absolute Gasteiger partial charge is 0.254 e. The second-order valence-electron chi connectivity index (χ2n) is 6.06. The first-order chi connectivity index (χ1) is 10.2. The van der Waals surface area contributed by atoms with E-state index in [0.717, 1.165) is 30.4 Å². The molecule has 0 unspecified atom stereocenters. The third kappa shape index (κ3) is 3.00. The SMILES string of the molecule is CCc1cc(N(C)CC2CCN(C)CC2)n2ncnc2n1. The molecule has 0 aromatic carbocycles. The Bertz CT molecular complexity index is 599. The second kappa shape index (κ2) is 5.97. The van der Waals surface area contributed by atoms with Crippen LogP contribution in [0.4, 0.5) is 5.82 Å². The highest BCUT2D eigenvalue weighted by Gasteiger charge is 2.20. The van der Waals surface area contributed by atoms with Crippen molar-refractivity contribution in [3.63, 3.8) is 0 Å². The molecule has 0 amide bonds. The van der Waals surface area contributed by atoms with Gasteiger partial charge in [0.15, 0.2) is 0 Å². The minimum absolute atomic E-state index is 0.694. The predicted molar refractivity (Wildman–Crippen MR) is 83.7 cm³/mol. The zero-order valence-corrected chi connectivity index (χ0v) is 13.2. The molecule has 0 spiro atoms. The third-order valence-corrected chi connectivity index (χ3v) is 4.41. The number of piperidine rings is 1. The van der Waals surface area contributed by atoms with E-state index in [9.17, 15) is 0 Å². The van der Waals surface area contributed by atoms with Gasteiger partial charge < -0.3 is 9.80 Å². The van der Waals surface area contributed by atoms with Crippen LogP contribution < -0.4 is 4.90 Å². The van der Waals surface area contributed by atoms with Crippen molar-refractivity contribution in [2.24, 2.45) is 5.92 Å². The first kappa shape index (κ1) is 14.3. The first-order valence-corrected chi connectivity index (χ1v) is 7.76. The molecular weight excluding hydrogens is 264 g/mol. The van der Waals surface area contributed by atoms with Gasteiger partial charge in [0, 0.05) is 25.4 Å². The van der Waals surface area contributed by atoms with Gasteiger partial charge in [-0.3, -0.25) is 0 Å². The van der Waals surface area contributed by atoms with Crippen molar-refractivity contribution in [2.45, 2.75) is 26.2 Å². The zero-order valence-electron chi connectivity index (χ0n) is 13.2. The molecule has 1 aliphatic heterocycles. The van der Waals surface area contributed by atoms with E-state index in [1.165, 1.54) is 25.9 Å². The maximum Gasteiger partial charge on any atom is 0.254 e. The third-order valence-electron chi connectivity index (χ3n) is 4.41. The van der Waals surface area contributed by atoms with Gasteiger partial charge in [-0.2, -0.15) is 14.6 Å². The lowest BCUT2D eigenvalue weighted by molar-refractivity contribution is 0.222. The lowest BCUT2D eigenvalue weighted by atomic mass is 9.97. The molecule has 0 N–H and O–H groups in total. The van der Waals surface area contributed by atoms with Gasteiger partial charge >= 0.3 is 0 Å². The fourth-order valence-electron chi connectivity index (χ4n) is 3.02. The molecule has 0 saturated carbocycles. The molecule has 1 saturated heterocycles. The molecule has 3 rings (SSSR count). The molecule has 1 aliphatic rings. The lowest BCUT2D eigenvalue weighted by Gasteiger charge is -2.32. The van der Waals surface area contributed by atoms with E-state index in [1.54, 1.807) is 6.33 Å². The van der Waals surface area contributed by atoms with Crippen LogP contribution in [0.3, 0.4) is 0 Å². The Balaban J connectivity index is 1.80. The number of aryl methyl sites for hydroxylation is 1. The van der Waals surface area contributed by atoms with Gasteiger partial charge in [0.25, 0.3) is 5.78 Å². The Hall–Kier alpha value is -1.69. The Morgan fingerprint density at radius 1 is 1.33 bits per heavy atom. The standard InChI is InChI=1S/C15H24N6/c1-4-13-9-14(21-15(18-13)16-11-17-21)20(3)10-12-5-7-19(2)8-6-12/h9,11-12H,4-8,10H2,1-3H3. The summed E-state index contributed by atoms with van der Waals surface area (Å²) in [6.45, 7) is 5.59. The molecule has 0 atom stereocenters. The molecule has 114 valence electrons. The second-order valence-corrected chi connectivity index (χ2v) is 6.06.